The van der Waals surface area contributed by atoms with E-state index < -0.39 is 0 Å². The lowest BCUT2D eigenvalue weighted by Crippen LogP contribution is -2.49. The molecule has 0 aromatic carbocycles. The Hall–Kier alpha value is -0.160. The van der Waals surface area contributed by atoms with Crippen LogP contribution in [0.4, 0.5) is 0 Å². The van der Waals surface area contributed by atoms with E-state index in [1.54, 1.807) is 0 Å². The molecule has 0 aromatic rings. The third kappa shape index (κ3) is 4.01. The van der Waals surface area contributed by atoms with Gasteiger partial charge in [-0.3, -0.25) is 4.90 Å². The number of aliphatic hydroxyl groups is 1. The Labute approximate surface area is 98.6 Å². The average Bonchev–Trinajstić information content (AvgIpc) is 3.11. The maximum absolute atomic E-state index is 9.88. The van der Waals surface area contributed by atoms with Crippen LogP contribution in [0.2, 0.25) is 0 Å². The van der Waals surface area contributed by atoms with Crippen molar-refractivity contribution in [3.63, 3.8) is 0 Å². The van der Waals surface area contributed by atoms with E-state index >= 15 is 0 Å². The molecule has 1 saturated heterocycles. The monoisotopic (exact) mass is 227 g/mol. The normalized spacial score (nSPS) is 25.9. The van der Waals surface area contributed by atoms with Gasteiger partial charge in [0.2, 0.25) is 0 Å². The first-order chi connectivity index (χ1) is 7.78. The molecule has 0 amide bonds. The Morgan fingerprint density at radius 2 is 1.81 bits per heavy atom. The molecule has 0 radical (unpaired) electrons. The second-order valence-electron chi connectivity index (χ2n) is 5.07. The van der Waals surface area contributed by atoms with Crippen LogP contribution in [0, 0.1) is 0 Å². The van der Waals surface area contributed by atoms with Crippen molar-refractivity contribution in [2.45, 2.75) is 31.9 Å². The molecule has 2 fully saturated rings. The van der Waals surface area contributed by atoms with Crippen LogP contribution in [-0.2, 0) is 0 Å². The molecule has 2 aliphatic rings. The fraction of sp³-hybridized carbons (Fsp3) is 1.00. The van der Waals surface area contributed by atoms with Gasteiger partial charge in [0, 0.05) is 45.3 Å². The summed E-state index contributed by atoms with van der Waals surface area (Å²) in [7, 11) is 0. The van der Waals surface area contributed by atoms with Crippen LogP contribution in [0.5, 0.6) is 0 Å². The van der Waals surface area contributed by atoms with Crippen LogP contribution in [-0.4, -0.2) is 72.9 Å². The van der Waals surface area contributed by atoms with Crippen LogP contribution in [0.1, 0.15) is 19.8 Å². The number of β-amino-alcohol motifs (C(OH)–C–C–N with tert-alkyl or cyclic N) is 1. The zero-order valence-electron chi connectivity index (χ0n) is 10.4. The largest absolute Gasteiger partial charge is 0.390 e. The summed E-state index contributed by atoms with van der Waals surface area (Å²) in [5.74, 6) is 0. The molecule has 1 heterocycles. The molecule has 1 saturated carbocycles. The zero-order valence-corrected chi connectivity index (χ0v) is 10.4. The molecule has 1 aliphatic carbocycles. The molecular weight excluding hydrogens is 202 g/mol. The van der Waals surface area contributed by atoms with Crippen molar-refractivity contribution < 1.29 is 5.11 Å². The lowest BCUT2D eigenvalue weighted by molar-refractivity contribution is 0.0741. The van der Waals surface area contributed by atoms with Gasteiger partial charge in [-0.05, 0) is 19.4 Å². The van der Waals surface area contributed by atoms with Gasteiger partial charge in [0.15, 0.2) is 0 Å². The molecule has 4 nitrogen and oxygen atoms in total. The maximum Gasteiger partial charge on any atom is 0.0791 e. The third-order valence-corrected chi connectivity index (χ3v) is 3.60. The molecule has 2 N–H and O–H groups in total. The summed E-state index contributed by atoms with van der Waals surface area (Å²) in [6.07, 6.45) is 2.39. The summed E-state index contributed by atoms with van der Waals surface area (Å²) < 4.78 is 0. The van der Waals surface area contributed by atoms with Crippen molar-refractivity contribution in [3.8, 4) is 0 Å². The van der Waals surface area contributed by atoms with E-state index in [1.807, 2.05) is 0 Å². The van der Waals surface area contributed by atoms with E-state index in [1.165, 1.54) is 12.8 Å². The maximum atomic E-state index is 9.88. The highest BCUT2D eigenvalue weighted by atomic mass is 16.3. The highest BCUT2D eigenvalue weighted by Crippen LogP contribution is 2.18. The highest BCUT2D eigenvalue weighted by molar-refractivity contribution is 4.82. The van der Waals surface area contributed by atoms with Gasteiger partial charge in [0.05, 0.1) is 6.10 Å². The molecule has 0 spiro atoms. The molecule has 94 valence electrons. The number of rotatable bonds is 6. The summed E-state index contributed by atoms with van der Waals surface area (Å²) in [6.45, 7) is 9.47. The van der Waals surface area contributed by atoms with Gasteiger partial charge in [-0.25, -0.2) is 0 Å². The van der Waals surface area contributed by atoms with E-state index in [2.05, 4.69) is 22.0 Å². The van der Waals surface area contributed by atoms with Gasteiger partial charge >= 0.3 is 0 Å². The molecule has 0 unspecified atom stereocenters. The Morgan fingerprint density at radius 1 is 1.19 bits per heavy atom. The minimum atomic E-state index is -0.200. The van der Waals surface area contributed by atoms with Crippen LogP contribution in [0.15, 0.2) is 0 Å². The van der Waals surface area contributed by atoms with Gasteiger partial charge in [0.25, 0.3) is 0 Å². The second kappa shape index (κ2) is 5.96. The van der Waals surface area contributed by atoms with Crippen molar-refractivity contribution in [2.75, 3.05) is 45.8 Å². The van der Waals surface area contributed by atoms with E-state index in [-0.39, 0.29) is 6.10 Å². The number of aliphatic hydroxyl groups excluding tert-OH is 1. The van der Waals surface area contributed by atoms with Crippen molar-refractivity contribution in [3.05, 3.63) is 0 Å². The standard InChI is InChI=1S/C12H25N3O/c1-2-14-5-7-15(8-6-14)10-12(16)9-13-11-3-4-11/h11-13,16H,2-10H2,1H3/t12-/m1/s1. The number of nitrogens with zero attached hydrogens (tertiary/aromatic N) is 2. The first kappa shape index (κ1) is 12.3. The summed E-state index contributed by atoms with van der Waals surface area (Å²) in [5.41, 5.74) is 0. The number of nitrogens with one attached hydrogen (secondary N) is 1. The number of hydrogen-bond donors (Lipinski definition) is 2. The van der Waals surface area contributed by atoms with Crippen LogP contribution >= 0.6 is 0 Å². The minimum Gasteiger partial charge on any atom is -0.390 e. The molecule has 1 atom stereocenters. The van der Waals surface area contributed by atoms with E-state index in [0.717, 1.165) is 45.8 Å². The number of piperazine rings is 1. The van der Waals surface area contributed by atoms with Crippen molar-refractivity contribution >= 4 is 0 Å². The number of likely N-dealkylation sites (N-methyl/N-ethyl adjacent to an activating group) is 1. The smallest absolute Gasteiger partial charge is 0.0791 e. The fourth-order valence-electron chi connectivity index (χ4n) is 2.24. The Balaban J connectivity index is 1.57. The highest BCUT2D eigenvalue weighted by Gasteiger charge is 2.22. The third-order valence-electron chi connectivity index (χ3n) is 3.60. The molecular formula is C12H25N3O. The van der Waals surface area contributed by atoms with Crippen molar-refractivity contribution in [1.82, 2.24) is 15.1 Å². The lowest BCUT2D eigenvalue weighted by atomic mass is 10.2. The lowest BCUT2D eigenvalue weighted by Gasteiger charge is -2.35. The van der Waals surface area contributed by atoms with Crippen LogP contribution in [0.25, 0.3) is 0 Å². The van der Waals surface area contributed by atoms with E-state index in [9.17, 15) is 5.11 Å². The Kier molecular flexibility index (Phi) is 4.58. The molecule has 4 heteroatoms. The summed E-state index contributed by atoms with van der Waals surface area (Å²) >= 11 is 0. The Bertz CT molecular complexity index is 200. The summed E-state index contributed by atoms with van der Waals surface area (Å²) in [6, 6.07) is 0.701. The van der Waals surface area contributed by atoms with Gasteiger partial charge < -0.3 is 15.3 Å². The van der Waals surface area contributed by atoms with Crippen LogP contribution in [0.3, 0.4) is 0 Å². The van der Waals surface area contributed by atoms with E-state index in [4.69, 9.17) is 0 Å². The van der Waals surface area contributed by atoms with Crippen molar-refractivity contribution in [2.24, 2.45) is 0 Å². The molecule has 2 rings (SSSR count). The predicted octanol–water partition coefficient (Wildman–Crippen LogP) is -0.263. The van der Waals surface area contributed by atoms with Gasteiger partial charge in [-0.2, -0.15) is 0 Å². The SMILES string of the molecule is CCN1CCN(C[C@H](O)CNC2CC2)CC1. The quantitative estimate of drug-likeness (QED) is 0.655. The summed E-state index contributed by atoms with van der Waals surface area (Å²) in [4.78, 5) is 4.84. The van der Waals surface area contributed by atoms with Gasteiger partial charge in [-0.15, -0.1) is 0 Å². The van der Waals surface area contributed by atoms with Crippen molar-refractivity contribution in [1.29, 1.82) is 0 Å². The number of hydrogen-bond acceptors (Lipinski definition) is 4. The summed E-state index contributed by atoms with van der Waals surface area (Å²) in [5, 5.41) is 13.3. The van der Waals surface area contributed by atoms with Gasteiger partial charge in [0.1, 0.15) is 0 Å². The van der Waals surface area contributed by atoms with Gasteiger partial charge in [-0.1, -0.05) is 6.92 Å². The average molecular weight is 227 g/mol. The first-order valence-corrected chi connectivity index (χ1v) is 6.64. The zero-order chi connectivity index (χ0) is 11.4. The molecule has 16 heavy (non-hydrogen) atoms. The first-order valence-electron chi connectivity index (χ1n) is 6.64. The second-order valence-corrected chi connectivity index (χ2v) is 5.07. The molecule has 0 bridgehead atoms. The van der Waals surface area contributed by atoms with E-state index in [0.29, 0.717) is 6.04 Å². The fourth-order valence-corrected chi connectivity index (χ4v) is 2.24. The minimum absolute atomic E-state index is 0.200. The molecule has 1 aliphatic heterocycles. The Morgan fingerprint density at radius 3 is 2.38 bits per heavy atom. The predicted molar refractivity (Wildman–Crippen MR) is 65.6 cm³/mol. The molecule has 0 aromatic heterocycles. The topological polar surface area (TPSA) is 38.7 Å². The van der Waals surface area contributed by atoms with Crippen LogP contribution < -0.4 is 5.32 Å².